The van der Waals surface area contributed by atoms with E-state index < -0.39 is 0 Å². The van der Waals surface area contributed by atoms with Crippen LogP contribution < -0.4 is 10.1 Å². The van der Waals surface area contributed by atoms with E-state index in [2.05, 4.69) is 34.2 Å². The van der Waals surface area contributed by atoms with Crippen LogP contribution in [0.2, 0.25) is 0 Å². The minimum Gasteiger partial charge on any atom is -0.493 e. The fourth-order valence-electron chi connectivity index (χ4n) is 1.78. The van der Waals surface area contributed by atoms with E-state index in [-0.39, 0.29) is 0 Å². The lowest BCUT2D eigenvalue weighted by Crippen LogP contribution is -2.15. The highest BCUT2D eigenvalue weighted by molar-refractivity contribution is 9.10. The first kappa shape index (κ1) is 11.0. The first-order chi connectivity index (χ1) is 7.25. The van der Waals surface area contributed by atoms with Crippen LogP contribution >= 0.6 is 15.9 Å². The van der Waals surface area contributed by atoms with Crippen LogP contribution in [0.25, 0.3) is 0 Å². The van der Waals surface area contributed by atoms with Crippen molar-refractivity contribution in [1.29, 1.82) is 0 Å². The van der Waals surface area contributed by atoms with Gasteiger partial charge in [0.15, 0.2) is 0 Å². The fraction of sp³-hybridized carbons (Fsp3) is 0.500. The lowest BCUT2D eigenvalue weighted by atomic mass is 10.1. The third kappa shape index (κ3) is 2.95. The van der Waals surface area contributed by atoms with Gasteiger partial charge in [-0.25, -0.2) is 0 Å². The van der Waals surface area contributed by atoms with Crippen LogP contribution in [0.5, 0.6) is 5.75 Å². The lowest BCUT2D eigenvalue weighted by molar-refractivity contribution is 0.260. The molecule has 1 N–H and O–H groups in total. The molecule has 1 atom stereocenters. The van der Waals surface area contributed by atoms with Gasteiger partial charge in [0.05, 0.1) is 6.61 Å². The van der Waals surface area contributed by atoms with E-state index in [1.807, 2.05) is 12.1 Å². The van der Waals surface area contributed by atoms with Crippen LogP contribution in [0.1, 0.15) is 12.0 Å². The van der Waals surface area contributed by atoms with Crippen molar-refractivity contribution in [2.45, 2.75) is 13.3 Å². The van der Waals surface area contributed by atoms with Crippen molar-refractivity contribution >= 4 is 15.9 Å². The summed E-state index contributed by atoms with van der Waals surface area (Å²) in [4.78, 5) is 0. The summed E-state index contributed by atoms with van der Waals surface area (Å²) in [7, 11) is 0. The van der Waals surface area contributed by atoms with Gasteiger partial charge >= 0.3 is 0 Å². The van der Waals surface area contributed by atoms with Crippen molar-refractivity contribution in [3.8, 4) is 5.75 Å². The molecule has 0 amide bonds. The molecule has 1 fully saturated rings. The molecule has 1 aliphatic rings. The number of aryl methyl sites for hydroxylation is 1. The molecule has 2 rings (SSSR count). The molecule has 1 aromatic carbocycles. The van der Waals surface area contributed by atoms with Crippen molar-refractivity contribution in [2.75, 3.05) is 19.7 Å². The van der Waals surface area contributed by atoms with Gasteiger partial charge in [-0.2, -0.15) is 0 Å². The molecule has 1 aliphatic heterocycles. The van der Waals surface area contributed by atoms with E-state index in [1.54, 1.807) is 0 Å². The quantitative estimate of drug-likeness (QED) is 0.911. The Morgan fingerprint density at radius 2 is 2.40 bits per heavy atom. The Kier molecular flexibility index (Phi) is 3.65. The average Bonchev–Trinajstić information content (AvgIpc) is 2.73. The van der Waals surface area contributed by atoms with Gasteiger partial charge in [-0.15, -0.1) is 0 Å². The second-order valence-corrected chi connectivity index (χ2v) is 4.94. The third-order valence-electron chi connectivity index (χ3n) is 2.78. The van der Waals surface area contributed by atoms with E-state index in [9.17, 15) is 0 Å². The minimum absolute atomic E-state index is 0.675. The summed E-state index contributed by atoms with van der Waals surface area (Å²) < 4.78 is 6.90. The standard InChI is InChI=1S/C12H16BrNO/c1-9-6-11(2-3-12(9)13)15-8-10-4-5-14-7-10/h2-3,6,10,14H,4-5,7-8H2,1H3. The molecule has 2 nitrogen and oxygen atoms in total. The lowest BCUT2D eigenvalue weighted by Gasteiger charge is -2.11. The van der Waals surface area contributed by atoms with Gasteiger partial charge in [-0.3, -0.25) is 0 Å². The first-order valence-corrected chi connectivity index (χ1v) is 6.14. The van der Waals surface area contributed by atoms with Crippen LogP contribution in [-0.2, 0) is 0 Å². The summed E-state index contributed by atoms with van der Waals surface area (Å²) in [6.07, 6.45) is 1.23. The average molecular weight is 270 g/mol. The summed E-state index contributed by atoms with van der Waals surface area (Å²) in [5.74, 6) is 1.65. The number of benzene rings is 1. The number of rotatable bonds is 3. The molecular formula is C12H16BrNO. The first-order valence-electron chi connectivity index (χ1n) is 5.35. The number of halogens is 1. The number of nitrogens with one attached hydrogen (secondary N) is 1. The second-order valence-electron chi connectivity index (χ2n) is 4.08. The zero-order valence-electron chi connectivity index (χ0n) is 8.92. The van der Waals surface area contributed by atoms with E-state index in [4.69, 9.17) is 4.74 Å². The topological polar surface area (TPSA) is 21.3 Å². The van der Waals surface area contributed by atoms with Crippen LogP contribution in [0.4, 0.5) is 0 Å². The zero-order chi connectivity index (χ0) is 10.7. The maximum absolute atomic E-state index is 5.76. The van der Waals surface area contributed by atoms with Crippen molar-refractivity contribution in [1.82, 2.24) is 5.32 Å². The van der Waals surface area contributed by atoms with Gasteiger partial charge in [0.25, 0.3) is 0 Å². The second kappa shape index (κ2) is 4.99. The van der Waals surface area contributed by atoms with Gasteiger partial charge in [0.2, 0.25) is 0 Å². The molecule has 1 unspecified atom stereocenters. The van der Waals surface area contributed by atoms with E-state index in [1.165, 1.54) is 12.0 Å². The molecule has 3 heteroatoms. The van der Waals surface area contributed by atoms with Crippen molar-refractivity contribution < 1.29 is 4.74 Å². The molecule has 0 bridgehead atoms. The summed E-state index contributed by atoms with van der Waals surface area (Å²) in [5.41, 5.74) is 1.22. The molecule has 0 aromatic heterocycles. The molecule has 15 heavy (non-hydrogen) atoms. The Balaban J connectivity index is 1.90. The zero-order valence-corrected chi connectivity index (χ0v) is 10.5. The Morgan fingerprint density at radius 1 is 1.53 bits per heavy atom. The summed E-state index contributed by atoms with van der Waals surface area (Å²) in [6.45, 7) is 5.13. The Morgan fingerprint density at radius 3 is 3.07 bits per heavy atom. The molecule has 1 aromatic rings. The van der Waals surface area contributed by atoms with E-state index in [0.29, 0.717) is 5.92 Å². The van der Waals surface area contributed by atoms with Crippen molar-refractivity contribution in [2.24, 2.45) is 5.92 Å². The Bertz CT molecular complexity index is 334. The van der Waals surface area contributed by atoms with Gasteiger partial charge < -0.3 is 10.1 Å². The number of hydrogen-bond acceptors (Lipinski definition) is 2. The predicted molar refractivity (Wildman–Crippen MR) is 65.4 cm³/mol. The smallest absolute Gasteiger partial charge is 0.119 e. The van der Waals surface area contributed by atoms with Crippen LogP contribution in [0.15, 0.2) is 22.7 Å². The third-order valence-corrected chi connectivity index (χ3v) is 3.67. The van der Waals surface area contributed by atoms with Gasteiger partial charge in [0.1, 0.15) is 5.75 Å². The maximum atomic E-state index is 5.76. The molecule has 0 saturated carbocycles. The summed E-state index contributed by atoms with van der Waals surface area (Å²) >= 11 is 3.48. The number of ether oxygens (including phenoxy) is 1. The number of hydrogen-bond donors (Lipinski definition) is 1. The van der Waals surface area contributed by atoms with E-state index in [0.717, 1.165) is 29.9 Å². The van der Waals surface area contributed by atoms with Gasteiger partial charge in [-0.1, -0.05) is 15.9 Å². The van der Waals surface area contributed by atoms with Crippen molar-refractivity contribution in [3.63, 3.8) is 0 Å². The van der Waals surface area contributed by atoms with E-state index >= 15 is 0 Å². The predicted octanol–water partition coefficient (Wildman–Crippen LogP) is 2.75. The van der Waals surface area contributed by atoms with Crippen LogP contribution in [-0.4, -0.2) is 19.7 Å². The summed E-state index contributed by atoms with van der Waals surface area (Å²) in [5, 5.41) is 3.34. The molecular weight excluding hydrogens is 254 g/mol. The molecule has 0 aliphatic carbocycles. The van der Waals surface area contributed by atoms with Gasteiger partial charge in [0, 0.05) is 16.9 Å². The molecule has 0 radical (unpaired) electrons. The van der Waals surface area contributed by atoms with Crippen LogP contribution in [0.3, 0.4) is 0 Å². The largest absolute Gasteiger partial charge is 0.493 e. The molecule has 1 heterocycles. The molecule has 0 spiro atoms. The maximum Gasteiger partial charge on any atom is 0.119 e. The highest BCUT2D eigenvalue weighted by Crippen LogP contribution is 2.22. The minimum atomic E-state index is 0.675. The normalized spacial score (nSPS) is 20.5. The van der Waals surface area contributed by atoms with Gasteiger partial charge in [-0.05, 0) is 43.7 Å². The monoisotopic (exact) mass is 269 g/mol. The SMILES string of the molecule is Cc1cc(OCC2CCNC2)ccc1Br. The molecule has 1 saturated heterocycles. The fourth-order valence-corrected chi connectivity index (χ4v) is 2.02. The Labute approximate surface area is 99.1 Å². The molecule has 82 valence electrons. The van der Waals surface area contributed by atoms with Crippen molar-refractivity contribution in [3.05, 3.63) is 28.2 Å². The highest BCUT2D eigenvalue weighted by atomic mass is 79.9. The Hall–Kier alpha value is -0.540. The summed E-state index contributed by atoms with van der Waals surface area (Å²) in [6, 6.07) is 6.13. The van der Waals surface area contributed by atoms with Crippen LogP contribution in [0, 0.1) is 12.8 Å². The highest BCUT2D eigenvalue weighted by Gasteiger charge is 2.14.